The van der Waals surface area contributed by atoms with Crippen LogP contribution < -0.4 is 21.5 Å². The number of nitrogen functional groups attached to an aromatic ring is 1. The molecule has 0 unspecified atom stereocenters. The fourth-order valence-electron chi connectivity index (χ4n) is 4.16. The molecule has 1 amide bonds. The molecule has 218 valence electrons. The standard InChI is InChI=1S/C22H24F3N5O3.C2HF3O2/c23-22(24,25)33-19-13-14(5-6-16(19)26)20(31)27-9-12-29-10-7-15(8-11-29)30-18-4-2-1-3-17(18)28-21(30)32;3-2(4,5)1(6)7/h1-6,13,15H,7-12,26H2,(H,27,31)(H,28,32);(H,6,7). The predicted molar refractivity (Wildman–Crippen MR) is 131 cm³/mol. The van der Waals surface area contributed by atoms with Gasteiger partial charge in [0.25, 0.3) is 5.91 Å². The van der Waals surface area contributed by atoms with Gasteiger partial charge >= 0.3 is 24.2 Å². The zero-order valence-corrected chi connectivity index (χ0v) is 20.7. The highest BCUT2D eigenvalue weighted by atomic mass is 19.4. The number of nitrogens with one attached hydrogen (secondary N) is 2. The summed E-state index contributed by atoms with van der Waals surface area (Å²) in [5.41, 5.74) is 6.92. The molecule has 0 atom stereocenters. The Hall–Kier alpha value is -4.21. The Kier molecular flexibility index (Phi) is 9.34. The van der Waals surface area contributed by atoms with Crippen molar-refractivity contribution in [2.24, 2.45) is 0 Å². The lowest BCUT2D eigenvalue weighted by Crippen LogP contribution is -2.41. The number of benzene rings is 2. The number of aromatic amines is 1. The lowest BCUT2D eigenvalue weighted by Gasteiger charge is -2.32. The van der Waals surface area contributed by atoms with Crippen molar-refractivity contribution in [2.75, 3.05) is 31.9 Å². The van der Waals surface area contributed by atoms with Crippen LogP contribution >= 0.6 is 0 Å². The van der Waals surface area contributed by atoms with E-state index < -0.39 is 30.2 Å². The number of para-hydroxylation sites is 2. The molecule has 0 radical (unpaired) electrons. The van der Waals surface area contributed by atoms with Crippen molar-refractivity contribution in [1.82, 2.24) is 19.8 Å². The van der Waals surface area contributed by atoms with Gasteiger partial charge in [0.2, 0.25) is 0 Å². The van der Waals surface area contributed by atoms with E-state index >= 15 is 0 Å². The number of carbonyl (C=O) groups is 2. The van der Waals surface area contributed by atoms with E-state index in [4.69, 9.17) is 15.6 Å². The van der Waals surface area contributed by atoms with Crippen molar-refractivity contribution in [3.05, 3.63) is 58.5 Å². The number of ether oxygens (including phenoxy) is 1. The third-order valence-corrected chi connectivity index (χ3v) is 6.00. The van der Waals surface area contributed by atoms with E-state index in [9.17, 15) is 35.9 Å². The molecule has 1 fully saturated rings. The minimum absolute atomic E-state index is 0.0286. The number of piperidine rings is 1. The Labute approximate surface area is 222 Å². The number of H-pyrrole nitrogens is 1. The van der Waals surface area contributed by atoms with Crippen LogP contribution in [0.1, 0.15) is 29.2 Å². The van der Waals surface area contributed by atoms with Gasteiger partial charge in [0.1, 0.15) is 0 Å². The van der Waals surface area contributed by atoms with E-state index in [1.165, 1.54) is 12.1 Å². The second-order valence-corrected chi connectivity index (χ2v) is 8.75. The second kappa shape index (κ2) is 12.3. The Balaban J connectivity index is 0.000000559. The van der Waals surface area contributed by atoms with Crippen LogP contribution in [-0.4, -0.2) is 70.2 Å². The monoisotopic (exact) mass is 577 g/mol. The Morgan fingerprint density at radius 3 is 2.30 bits per heavy atom. The molecule has 1 saturated heterocycles. The largest absolute Gasteiger partial charge is 0.573 e. The average molecular weight is 577 g/mol. The summed E-state index contributed by atoms with van der Waals surface area (Å²) in [6.07, 6.45) is -8.38. The summed E-state index contributed by atoms with van der Waals surface area (Å²) in [5, 5.41) is 9.83. The van der Waals surface area contributed by atoms with Gasteiger partial charge in [-0.2, -0.15) is 13.2 Å². The lowest BCUT2D eigenvalue weighted by molar-refractivity contribution is -0.274. The zero-order chi connectivity index (χ0) is 29.7. The van der Waals surface area contributed by atoms with Gasteiger partial charge in [0.05, 0.1) is 16.7 Å². The highest BCUT2D eigenvalue weighted by molar-refractivity contribution is 5.95. The molecule has 0 saturated carbocycles. The van der Waals surface area contributed by atoms with Crippen molar-refractivity contribution in [1.29, 1.82) is 0 Å². The molecular weight excluding hydrogens is 552 g/mol. The lowest BCUT2D eigenvalue weighted by atomic mass is 10.0. The van der Waals surface area contributed by atoms with Crippen molar-refractivity contribution in [3.8, 4) is 5.75 Å². The number of carboxylic acids is 1. The number of anilines is 1. The number of hydrogen-bond acceptors (Lipinski definition) is 6. The minimum atomic E-state index is -5.08. The number of halogens is 6. The van der Waals surface area contributed by atoms with Crippen LogP contribution in [0.4, 0.5) is 32.0 Å². The van der Waals surface area contributed by atoms with E-state index in [0.29, 0.717) is 13.1 Å². The molecule has 3 aromatic rings. The fraction of sp³-hybridized carbons (Fsp3) is 0.375. The number of hydrogen-bond donors (Lipinski definition) is 4. The fourth-order valence-corrected chi connectivity index (χ4v) is 4.16. The number of fused-ring (bicyclic) bond motifs is 1. The molecule has 4 rings (SSSR count). The molecular formula is C24H25F6N5O5. The van der Waals surface area contributed by atoms with E-state index in [1.54, 1.807) is 0 Å². The van der Waals surface area contributed by atoms with Crippen molar-refractivity contribution < 1.29 is 45.8 Å². The number of imidazole rings is 1. The molecule has 10 nitrogen and oxygen atoms in total. The molecule has 2 heterocycles. The maximum Gasteiger partial charge on any atom is 0.573 e. The number of carboxylic acid groups (broad SMARTS) is 1. The summed E-state index contributed by atoms with van der Waals surface area (Å²) in [7, 11) is 0. The maximum atomic E-state index is 12.5. The number of carbonyl (C=O) groups excluding carboxylic acids is 1. The third kappa shape index (κ3) is 8.14. The highest BCUT2D eigenvalue weighted by Gasteiger charge is 2.38. The van der Waals surface area contributed by atoms with Crippen molar-refractivity contribution >= 4 is 28.6 Å². The molecule has 1 aliphatic heterocycles. The van der Waals surface area contributed by atoms with Gasteiger partial charge < -0.3 is 30.8 Å². The van der Waals surface area contributed by atoms with Crippen LogP contribution in [-0.2, 0) is 4.79 Å². The summed E-state index contributed by atoms with van der Waals surface area (Å²) in [4.78, 5) is 38.7. The Morgan fingerprint density at radius 2 is 1.70 bits per heavy atom. The molecule has 0 aliphatic carbocycles. The minimum Gasteiger partial charge on any atom is -0.475 e. The van der Waals surface area contributed by atoms with Gasteiger partial charge in [-0.25, -0.2) is 9.59 Å². The van der Waals surface area contributed by atoms with Crippen LogP contribution in [0.2, 0.25) is 0 Å². The first-order chi connectivity index (χ1) is 18.7. The molecule has 0 spiro atoms. The van der Waals surface area contributed by atoms with E-state index in [-0.39, 0.29) is 23.0 Å². The van der Waals surface area contributed by atoms with Crippen molar-refractivity contribution in [2.45, 2.75) is 31.4 Å². The Bertz CT molecular complexity index is 1390. The first kappa shape index (κ1) is 30.3. The molecule has 0 bridgehead atoms. The number of likely N-dealkylation sites (tertiary alicyclic amines) is 1. The molecule has 1 aromatic heterocycles. The number of nitrogens with two attached hydrogens (primary N) is 1. The first-order valence-corrected chi connectivity index (χ1v) is 11.8. The predicted octanol–water partition coefficient (Wildman–Crippen LogP) is 3.51. The molecule has 40 heavy (non-hydrogen) atoms. The number of aliphatic carboxylic acids is 1. The van der Waals surface area contributed by atoms with Gasteiger partial charge in [-0.1, -0.05) is 12.1 Å². The summed E-state index contributed by atoms with van der Waals surface area (Å²) < 4.78 is 74.8. The average Bonchev–Trinajstić information content (AvgIpc) is 3.20. The first-order valence-electron chi connectivity index (χ1n) is 11.8. The van der Waals surface area contributed by atoms with E-state index in [1.807, 2.05) is 28.8 Å². The van der Waals surface area contributed by atoms with E-state index in [2.05, 4.69) is 19.9 Å². The number of amides is 1. The van der Waals surface area contributed by atoms with Crippen LogP contribution in [0, 0.1) is 0 Å². The topological polar surface area (TPSA) is 143 Å². The quantitative estimate of drug-likeness (QED) is 0.259. The summed E-state index contributed by atoms with van der Waals surface area (Å²) >= 11 is 0. The third-order valence-electron chi connectivity index (χ3n) is 6.00. The smallest absolute Gasteiger partial charge is 0.475 e. The zero-order valence-electron chi connectivity index (χ0n) is 20.7. The highest BCUT2D eigenvalue weighted by Crippen LogP contribution is 2.29. The summed E-state index contributed by atoms with van der Waals surface area (Å²) in [6.45, 7) is 2.44. The van der Waals surface area contributed by atoms with Gasteiger partial charge in [0, 0.05) is 37.8 Å². The number of rotatable bonds is 6. The van der Waals surface area contributed by atoms with Gasteiger partial charge in [-0.05, 0) is 43.2 Å². The SMILES string of the molecule is Nc1ccc(C(=O)NCCN2CCC(n3c(=O)[nH]c4ccccc43)CC2)cc1OC(F)(F)F.O=C(O)C(F)(F)F. The van der Waals surface area contributed by atoms with Crippen LogP contribution in [0.15, 0.2) is 47.3 Å². The number of aromatic nitrogens is 2. The van der Waals surface area contributed by atoms with Gasteiger partial charge in [0.15, 0.2) is 5.75 Å². The van der Waals surface area contributed by atoms with Gasteiger partial charge in [-0.3, -0.25) is 9.36 Å². The molecule has 2 aromatic carbocycles. The molecule has 5 N–H and O–H groups in total. The summed E-state index contributed by atoms with van der Waals surface area (Å²) in [5.74, 6) is -3.88. The van der Waals surface area contributed by atoms with Crippen LogP contribution in [0.5, 0.6) is 5.75 Å². The maximum absolute atomic E-state index is 12.5. The van der Waals surface area contributed by atoms with Crippen LogP contribution in [0.25, 0.3) is 11.0 Å². The Morgan fingerprint density at radius 1 is 1.07 bits per heavy atom. The second-order valence-electron chi connectivity index (χ2n) is 8.75. The van der Waals surface area contributed by atoms with Gasteiger partial charge in [-0.15, -0.1) is 13.2 Å². The number of alkyl halides is 6. The normalized spacial score (nSPS) is 14.8. The van der Waals surface area contributed by atoms with Crippen molar-refractivity contribution in [3.63, 3.8) is 0 Å². The molecule has 1 aliphatic rings. The molecule has 16 heteroatoms. The van der Waals surface area contributed by atoms with E-state index in [0.717, 1.165) is 43.0 Å². The van der Waals surface area contributed by atoms with Crippen LogP contribution in [0.3, 0.4) is 0 Å². The number of nitrogens with zero attached hydrogens (tertiary/aromatic N) is 2. The summed E-state index contributed by atoms with van der Waals surface area (Å²) in [6, 6.07) is 11.2.